The molecule has 0 amide bonds. The molecule has 2 aromatic heterocycles. The minimum Gasteiger partial charge on any atom is -0.332 e. The summed E-state index contributed by atoms with van der Waals surface area (Å²) in [7, 11) is 1.84. The molecule has 5 aromatic rings. The molecular weight excluding hydrogens is 583 g/mol. The third-order valence-electron chi connectivity index (χ3n) is 8.27. The van der Waals surface area contributed by atoms with Gasteiger partial charge in [0.15, 0.2) is 0 Å². The SMILES string of the molecule is Cn1cc(-c2cnc(N(CC3=C(c4ccc5ccccc5c4)CCC(C)(C)C3)Cc3cc(Cl)cc(C(F)(F)F)c3)nc2)cn1. The Morgan fingerprint density at radius 3 is 2.34 bits per heavy atom. The number of alkyl halides is 3. The van der Waals surface area contributed by atoms with Gasteiger partial charge in [0.2, 0.25) is 5.95 Å². The number of anilines is 1. The molecule has 0 spiro atoms. The van der Waals surface area contributed by atoms with Gasteiger partial charge >= 0.3 is 6.18 Å². The third-order valence-corrected chi connectivity index (χ3v) is 8.49. The van der Waals surface area contributed by atoms with Crippen LogP contribution in [0.15, 0.2) is 91.0 Å². The quantitative estimate of drug-likeness (QED) is 0.183. The van der Waals surface area contributed by atoms with Gasteiger partial charge < -0.3 is 4.90 Å². The lowest BCUT2D eigenvalue weighted by atomic mass is 9.72. The van der Waals surface area contributed by atoms with E-state index >= 15 is 0 Å². The summed E-state index contributed by atoms with van der Waals surface area (Å²) < 4.78 is 42.8. The maximum absolute atomic E-state index is 13.7. The topological polar surface area (TPSA) is 46.8 Å². The second-order valence-electron chi connectivity index (χ2n) is 12.4. The standard InChI is InChI=1S/C35H33ClF3N5/c1-34(2)11-10-32(26-9-8-24-6-4-5-7-25(24)14-26)27(16-34)22-44(20-23-12-30(35(37,38)39)15-31(36)13-23)33-40-17-28(18-41-33)29-19-42-43(3)21-29/h4-9,12-15,17-19,21H,10-11,16,20,22H2,1-3H3. The number of fused-ring (bicyclic) bond motifs is 1. The highest BCUT2D eigenvalue weighted by molar-refractivity contribution is 6.30. The number of aryl methyl sites for hydroxylation is 1. The summed E-state index contributed by atoms with van der Waals surface area (Å²) in [6, 6.07) is 18.6. The fraction of sp³-hybridized carbons (Fsp3) is 0.286. The van der Waals surface area contributed by atoms with Gasteiger partial charge in [0.25, 0.3) is 0 Å². The average molecular weight is 616 g/mol. The zero-order valence-corrected chi connectivity index (χ0v) is 25.6. The lowest BCUT2D eigenvalue weighted by molar-refractivity contribution is -0.137. The highest BCUT2D eigenvalue weighted by atomic mass is 35.5. The molecule has 2 heterocycles. The molecule has 0 aliphatic heterocycles. The van der Waals surface area contributed by atoms with E-state index in [0.29, 0.717) is 18.1 Å². The van der Waals surface area contributed by atoms with Gasteiger partial charge in [-0.05, 0) is 82.0 Å². The fourth-order valence-electron chi connectivity index (χ4n) is 6.05. The van der Waals surface area contributed by atoms with Gasteiger partial charge in [0, 0.05) is 54.9 Å². The van der Waals surface area contributed by atoms with Crippen LogP contribution in [-0.2, 0) is 19.8 Å². The summed E-state index contributed by atoms with van der Waals surface area (Å²) in [6.07, 6.45) is 5.37. The van der Waals surface area contributed by atoms with Crippen LogP contribution in [0, 0.1) is 5.41 Å². The number of aromatic nitrogens is 4. The molecule has 0 fully saturated rings. The van der Waals surface area contributed by atoms with Gasteiger partial charge in [-0.3, -0.25) is 4.68 Å². The third kappa shape index (κ3) is 6.65. The molecule has 0 N–H and O–H groups in total. The van der Waals surface area contributed by atoms with Crippen LogP contribution in [0.4, 0.5) is 19.1 Å². The van der Waals surface area contributed by atoms with E-state index < -0.39 is 11.7 Å². The van der Waals surface area contributed by atoms with Crippen molar-refractivity contribution in [3.8, 4) is 11.1 Å². The zero-order valence-electron chi connectivity index (χ0n) is 24.9. The Labute approximate surface area is 260 Å². The molecule has 3 aromatic carbocycles. The summed E-state index contributed by atoms with van der Waals surface area (Å²) >= 11 is 6.19. The van der Waals surface area contributed by atoms with E-state index in [1.807, 2.05) is 30.3 Å². The van der Waals surface area contributed by atoms with E-state index in [0.717, 1.165) is 42.5 Å². The first kappa shape index (κ1) is 29.9. The predicted molar refractivity (Wildman–Crippen MR) is 170 cm³/mol. The van der Waals surface area contributed by atoms with Crippen molar-refractivity contribution in [3.63, 3.8) is 0 Å². The molecule has 1 aliphatic rings. The summed E-state index contributed by atoms with van der Waals surface area (Å²) in [5.74, 6) is 0.430. The molecule has 9 heteroatoms. The van der Waals surface area contributed by atoms with Crippen LogP contribution >= 0.6 is 11.6 Å². The Bertz CT molecular complexity index is 1840. The Balaban J connectivity index is 1.42. The Morgan fingerprint density at radius 1 is 0.886 bits per heavy atom. The van der Waals surface area contributed by atoms with Gasteiger partial charge in [0.1, 0.15) is 0 Å². The highest BCUT2D eigenvalue weighted by Gasteiger charge is 2.32. The van der Waals surface area contributed by atoms with Crippen LogP contribution in [0.1, 0.15) is 49.8 Å². The molecule has 44 heavy (non-hydrogen) atoms. The summed E-state index contributed by atoms with van der Waals surface area (Å²) in [5.41, 5.74) is 5.10. The van der Waals surface area contributed by atoms with Crippen molar-refractivity contribution in [2.75, 3.05) is 11.4 Å². The average Bonchev–Trinajstić information content (AvgIpc) is 3.42. The van der Waals surface area contributed by atoms with Crippen LogP contribution in [-0.4, -0.2) is 26.3 Å². The molecule has 1 aliphatic carbocycles. The minimum absolute atomic E-state index is 0.0393. The van der Waals surface area contributed by atoms with Gasteiger partial charge in [-0.15, -0.1) is 0 Å². The van der Waals surface area contributed by atoms with Crippen molar-refractivity contribution in [2.24, 2.45) is 12.5 Å². The first-order valence-corrected chi connectivity index (χ1v) is 14.9. The largest absolute Gasteiger partial charge is 0.416 e. The van der Waals surface area contributed by atoms with E-state index in [1.54, 1.807) is 29.3 Å². The maximum atomic E-state index is 13.7. The van der Waals surface area contributed by atoms with E-state index in [-0.39, 0.29) is 17.0 Å². The summed E-state index contributed by atoms with van der Waals surface area (Å²) in [4.78, 5) is 11.3. The van der Waals surface area contributed by atoms with Crippen molar-refractivity contribution in [3.05, 3.63) is 113 Å². The highest BCUT2D eigenvalue weighted by Crippen LogP contribution is 2.43. The van der Waals surface area contributed by atoms with Crippen LogP contribution in [0.25, 0.3) is 27.5 Å². The van der Waals surface area contributed by atoms with Gasteiger partial charge in [-0.1, -0.05) is 61.8 Å². The molecule has 0 saturated heterocycles. The number of rotatable bonds is 7. The smallest absolute Gasteiger partial charge is 0.332 e. The van der Waals surface area contributed by atoms with Crippen LogP contribution in [0.2, 0.25) is 5.02 Å². The number of hydrogen-bond donors (Lipinski definition) is 0. The number of allylic oxidation sites excluding steroid dienone is 1. The molecule has 5 nitrogen and oxygen atoms in total. The lowest BCUT2D eigenvalue weighted by Crippen LogP contribution is -2.31. The number of benzene rings is 3. The van der Waals surface area contributed by atoms with Gasteiger partial charge in [0.05, 0.1) is 11.8 Å². The summed E-state index contributed by atoms with van der Waals surface area (Å²) in [6.45, 7) is 5.15. The normalized spacial score (nSPS) is 15.2. The molecule has 0 bridgehead atoms. The van der Waals surface area contributed by atoms with Crippen molar-refractivity contribution < 1.29 is 13.2 Å². The van der Waals surface area contributed by atoms with Crippen molar-refractivity contribution in [2.45, 2.75) is 45.8 Å². The summed E-state index contributed by atoms with van der Waals surface area (Å²) in [5, 5.41) is 6.62. The maximum Gasteiger partial charge on any atom is 0.416 e. The monoisotopic (exact) mass is 615 g/mol. The van der Waals surface area contributed by atoms with E-state index in [4.69, 9.17) is 21.6 Å². The number of hydrogen-bond acceptors (Lipinski definition) is 4. The minimum atomic E-state index is -4.51. The van der Waals surface area contributed by atoms with E-state index in [9.17, 15) is 13.2 Å². The molecule has 0 saturated carbocycles. The van der Waals surface area contributed by atoms with Gasteiger partial charge in [-0.25, -0.2) is 9.97 Å². The van der Waals surface area contributed by atoms with E-state index in [1.165, 1.54) is 27.5 Å². The molecular formula is C35H33ClF3N5. The predicted octanol–water partition coefficient (Wildman–Crippen LogP) is 9.37. The molecule has 0 radical (unpaired) electrons. The first-order chi connectivity index (χ1) is 20.9. The van der Waals surface area contributed by atoms with Crippen molar-refractivity contribution in [1.82, 2.24) is 19.7 Å². The Hall–Kier alpha value is -4.17. The molecule has 6 rings (SSSR count). The first-order valence-electron chi connectivity index (χ1n) is 14.6. The van der Waals surface area contributed by atoms with Crippen molar-refractivity contribution in [1.29, 1.82) is 0 Å². The number of halogens is 4. The molecule has 0 atom stereocenters. The van der Waals surface area contributed by atoms with Crippen molar-refractivity contribution >= 4 is 33.9 Å². The Morgan fingerprint density at radius 2 is 1.64 bits per heavy atom. The number of nitrogens with zero attached hydrogens (tertiary/aromatic N) is 5. The second kappa shape index (κ2) is 11.7. The second-order valence-corrected chi connectivity index (χ2v) is 12.8. The fourth-order valence-corrected chi connectivity index (χ4v) is 6.30. The van der Waals surface area contributed by atoms with E-state index in [2.05, 4.69) is 49.3 Å². The lowest BCUT2D eigenvalue weighted by Gasteiger charge is -2.36. The van der Waals surface area contributed by atoms with Crippen LogP contribution in [0.5, 0.6) is 0 Å². The van der Waals surface area contributed by atoms with Crippen LogP contribution < -0.4 is 4.90 Å². The molecule has 226 valence electrons. The van der Waals surface area contributed by atoms with Crippen LogP contribution in [0.3, 0.4) is 0 Å². The Kier molecular flexibility index (Phi) is 7.97. The molecule has 0 unspecified atom stereocenters. The van der Waals surface area contributed by atoms with Gasteiger partial charge in [-0.2, -0.15) is 18.3 Å². The zero-order chi connectivity index (χ0) is 31.1.